The maximum Gasteiger partial charge on any atom is 0.433 e. The fourth-order valence-electron chi connectivity index (χ4n) is 6.01. The van der Waals surface area contributed by atoms with Crippen molar-refractivity contribution < 1.29 is 27.9 Å². The van der Waals surface area contributed by atoms with Crippen LogP contribution in [-0.2, 0) is 23.8 Å². The molecule has 2 aromatic carbocycles. The first-order valence-electron chi connectivity index (χ1n) is 13.8. The number of nitrogens with one attached hydrogen (secondary N) is 1. The molecule has 1 fully saturated rings. The summed E-state index contributed by atoms with van der Waals surface area (Å²) in [4.78, 5) is 28.1. The van der Waals surface area contributed by atoms with Crippen molar-refractivity contribution in [1.82, 2.24) is 14.8 Å². The van der Waals surface area contributed by atoms with Crippen molar-refractivity contribution in [3.05, 3.63) is 88.3 Å². The Balaban J connectivity index is 1.38. The molecule has 1 aliphatic rings. The maximum absolute atomic E-state index is 14.3. The van der Waals surface area contributed by atoms with Gasteiger partial charge in [0.05, 0.1) is 23.7 Å². The van der Waals surface area contributed by atoms with Crippen molar-refractivity contribution in [2.24, 2.45) is 11.8 Å². The molecule has 216 valence electrons. The first-order chi connectivity index (χ1) is 19.6. The number of aromatic amines is 1. The van der Waals surface area contributed by atoms with Crippen molar-refractivity contribution in [2.75, 3.05) is 0 Å². The molecule has 0 spiro atoms. The van der Waals surface area contributed by atoms with Crippen LogP contribution in [0, 0.1) is 11.8 Å². The molecule has 4 aromatic rings. The van der Waals surface area contributed by atoms with Crippen molar-refractivity contribution in [3.8, 4) is 0 Å². The normalized spacial score (nSPS) is 18.4. The summed E-state index contributed by atoms with van der Waals surface area (Å²) in [6.45, 7) is 0. The molecule has 10 heteroatoms. The number of hydrogen-bond donors (Lipinski definition) is 2. The lowest BCUT2D eigenvalue weighted by molar-refractivity contribution is -0.147. The Morgan fingerprint density at radius 1 is 1.07 bits per heavy atom. The maximum atomic E-state index is 14.3. The molecule has 2 N–H and O–H groups in total. The molecule has 6 nitrogen and oxygen atoms in total. The second-order valence-electron chi connectivity index (χ2n) is 10.9. The van der Waals surface area contributed by atoms with Crippen LogP contribution in [0.15, 0.2) is 60.9 Å². The number of benzene rings is 2. The van der Waals surface area contributed by atoms with E-state index < -0.39 is 41.1 Å². The number of halogens is 4. The molecule has 2 heterocycles. The Bertz CT molecular complexity index is 1520. The van der Waals surface area contributed by atoms with E-state index in [0.29, 0.717) is 24.3 Å². The van der Waals surface area contributed by atoms with Crippen molar-refractivity contribution in [2.45, 2.75) is 63.6 Å². The SMILES string of the molecule is O=C(CC(CCc1cccc2cc[nH]c12)Cc1ccc(Cl)cc1)c1cnn(C2CCC(C(=O)O)CC2)c1C(F)(F)F. The number of carboxylic acid groups (broad SMARTS) is 1. The van der Waals surface area contributed by atoms with Crippen LogP contribution < -0.4 is 0 Å². The molecule has 1 atom stereocenters. The number of para-hydroxylation sites is 1. The summed E-state index contributed by atoms with van der Waals surface area (Å²) in [7, 11) is 0. The Morgan fingerprint density at radius 2 is 1.80 bits per heavy atom. The van der Waals surface area contributed by atoms with Gasteiger partial charge in [-0.3, -0.25) is 14.3 Å². The number of alkyl halides is 3. The number of carboxylic acids is 1. The summed E-state index contributed by atoms with van der Waals surface area (Å²) in [5.74, 6) is -2.32. The lowest BCUT2D eigenvalue weighted by Gasteiger charge is -2.28. The van der Waals surface area contributed by atoms with E-state index in [1.807, 2.05) is 42.6 Å². The predicted molar refractivity (Wildman–Crippen MR) is 150 cm³/mol. The van der Waals surface area contributed by atoms with Gasteiger partial charge < -0.3 is 10.1 Å². The van der Waals surface area contributed by atoms with Crippen molar-refractivity contribution in [3.63, 3.8) is 0 Å². The standard InChI is InChI=1S/C31H31ClF3N3O3/c32-24-10-5-19(6-11-24)16-20(4-7-21-2-1-3-22-14-15-36-28(21)22)17-27(39)26-18-37-38(29(26)31(33,34)35)25-12-8-23(9-13-25)30(40)41/h1-3,5-6,10-11,14-15,18,20,23,25,36H,4,7-9,12-13,16-17H2,(H,40,41). The zero-order chi connectivity index (χ0) is 29.1. The average Bonchev–Trinajstić information content (AvgIpc) is 3.61. The van der Waals surface area contributed by atoms with Crippen molar-refractivity contribution in [1.29, 1.82) is 0 Å². The molecule has 5 rings (SSSR count). The van der Waals surface area contributed by atoms with Gasteiger partial charge in [0.2, 0.25) is 0 Å². The lowest BCUT2D eigenvalue weighted by atomic mass is 9.85. The van der Waals surface area contributed by atoms with Gasteiger partial charge in [-0.15, -0.1) is 0 Å². The minimum absolute atomic E-state index is 0.0656. The fourth-order valence-corrected chi connectivity index (χ4v) is 6.14. The van der Waals surface area contributed by atoms with Crippen LogP contribution in [0.25, 0.3) is 10.9 Å². The van der Waals surface area contributed by atoms with E-state index in [1.54, 1.807) is 12.1 Å². The fraction of sp³-hybridized carbons (Fsp3) is 0.387. The van der Waals surface area contributed by atoms with Gasteiger partial charge in [-0.05, 0) is 85.6 Å². The Hall–Kier alpha value is -3.59. The average molecular weight is 586 g/mol. The number of carbonyl (C=O) groups excluding carboxylic acids is 1. The Labute approximate surface area is 240 Å². The molecule has 1 aliphatic carbocycles. The minimum Gasteiger partial charge on any atom is -0.481 e. The highest BCUT2D eigenvalue weighted by Crippen LogP contribution is 2.39. The van der Waals surface area contributed by atoms with E-state index in [1.165, 1.54) is 0 Å². The molecule has 41 heavy (non-hydrogen) atoms. The van der Waals surface area contributed by atoms with E-state index in [0.717, 1.165) is 32.9 Å². The highest BCUT2D eigenvalue weighted by atomic mass is 35.5. The van der Waals surface area contributed by atoms with Crippen LogP contribution in [0.4, 0.5) is 13.2 Å². The zero-order valence-corrected chi connectivity index (χ0v) is 23.1. The van der Waals surface area contributed by atoms with Crippen LogP contribution in [-0.4, -0.2) is 31.6 Å². The lowest BCUT2D eigenvalue weighted by Crippen LogP contribution is -2.27. The summed E-state index contributed by atoms with van der Waals surface area (Å²) in [5, 5.41) is 14.9. The Kier molecular flexibility index (Phi) is 8.54. The topological polar surface area (TPSA) is 88.0 Å². The molecule has 0 aliphatic heterocycles. The highest BCUT2D eigenvalue weighted by Gasteiger charge is 2.42. The van der Waals surface area contributed by atoms with E-state index in [-0.39, 0.29) is 38.0 Å². The van der Waals surface area contributed by atoms with Gasteiger partial charge in [-0.25, -0.2) is 0 Å². The highest BCUT2D eigenvalue weighted by molar-refractivity contribution is 6.30. The number of H-pyrrole nitrogens is 1. The number of carbonyl (C=O) groups is 2. The first kappa shape index (κ1) is 28.9. The number of hydrogen-bond acceptors (Lipinski definition) is 3. The quantitative estimate of drug-likeness (QED) is 0.185. The van der Waals surface area contributed by atoms with Gasteiger partial charge >= 0.3 is 12.1 Å². The third-order valence-electron chi connectivity index (χ3n) is 8.16. The number of fused-ring (bicyclic) bond motifs is 1. The smallest absolute Gasteiger partial charge is 0.433 e. The van der Waals surface area contributed by atoms with Gasteiger partial charge in [0.25, 0.3) is 0 Å². The van der Waals surface area contributed by atoms with Crippen LogP contribution in [0.5, 0.6) is 0 Å². The van der Waals surface area contributed by atoms with Crippen LogP contribution in [0.2, 0.25) is 5.02 Å². The van der Waals surface area contributed by atoms with Gasteiger partial charge in [-0.2, -0.15) is 18.3 Å². The van der Waals surface area contributed by atoms with Gasteiger partial charge in [-0.1, -0.05) is 41.9 Å². The molecule has 2 aromatic heterocycles. The number of ketones is 1. The van der Waals surface area contributed by atoms with Crippen LogP contribution in [0.3, 0.4) is 0 Å². The predicted octanol–water partition coefficient (Wildman–Crippen LogP) is 7.92. The van der Waals surface area contributed by atoms with Crippen LogP contribution in [0.1, 0.15) is 71.7 Å². The number of rotatable bonds is 10. The molecule has 1 saturated carbocycles. The number of aromatic nitrogens is 3. The monoisotopic (exact) mass is 585 g/mol. The number of Topliss-reactive ketones (excluding diaryl/α,β-unsaturated/α-hetero) is 1. The molecule has 0 radical (unpaired) electrons. The Morgan fingerprint density at radius 3 is 2.49 bits per heavy atom. The summed E-state index contributed by atoms with van der Waals surface area (Å²) < 4.78 is 44.0. The van der Waals surface area contributed by atoms with E-state index in [9.17, 15) is 27.9 Å². The summed E-state index contributed by atoms with van der Waals surface area (Å²) >= 11 is 6.05. The molecule has 0 saturated heterocycles. The summed E-state index contributed by atoms with van der Waals surface area (Å²) in [6, 6.07) is 14.7. The van der Waals surface area contributed by atoms with E-state index in [4.69, 9.17) is 11.6 Å². The number of aryl methyl sites for hydroxylation is 1. The van der Waals surface area contributed by atoms with Gasteiger partial charge in [0.15, 0.2) is 11.5 Å². The largest absolute Gasteiger partial charge is 0.481 e. The first-order valence-corrected chi connectivity index (χ1v) is 14.2. The number of nitrogens with zero attached hydrogens (tertiary/aromatic N) is 2. The summed E-state index contributed by atoms with van der Waals surface area (Å²) in [6.07, 6.45) is 0.901. The molecule has 1 unspecified atom stereocenters. The molecule has 0 bridgehead atoms. The van der Waals surface area contributed by atoms with Crippen molar-refractivity contribution >= 4 is 34.3 Å². The minimum atomic E-state index is -4.78. The molecular formula is C31H31ClF3N3O3. The summed E-state index contributed by atoms with van der Waals surface area (Å²) in [5.41, 5.74) is 1.59. The third-order valence-corrected chi connectivity index (χ3v) is 8.42. The molecular weight excluding hydrogens is 555 g/mol. The third kappa shape index (κ3) is 6.67. The second kappa shape index (κ2) is 12.1. The zero-order valence-electron chi connectivity index (χ0n) is 22.3. The number of aliphatic carboxylic acids is 1. The van der Waals surface area contributed by atoms with Crippen LogP contribution >= 0.6 is 11.6 Å². The van der Waals surface area contributed by atoms with Gasteiger partial charge in [0, 0.05) is 23.2 Å². The second-order valence-corrected chi connectivity index (χ2v) is 11.4. The van der Waals surface area contributed by atoms with E-state index in [2.05, 4.69) is 10.1 Å². The van der Waals surface area contributed by atoms with Gasteiger partial charge in [0.1, 0.15) is 0 Å². The molecule has 0 amide bonds. The van der Waals surface area contributed by atoms with E-state index >= 15 is 0 Å².